The average molecular weight is 399 g/mol. The molecule has 3 rings (SSSR count). The number of carbonyl (C=O) groups excluding carboxylic acids is 2. The highest BCUT2D eigenvalue weighted by molar-refractivity contribution is 7.98. The van der Waals surface area contributed by atoms with Gasteiger partial charge in [-0.15, -0.1) is 11.8 Å². The normalized spacial score (nSPS) is 10.3. The van der Waals surface area contributed by atoms with E-state index in [0.717, 1.165) is 21.9 Å². The SMILES string of the molecule is CSc1ccccc1NC(=O)c1sc(NC(=O)Nc2ccccc2)nc1C. The molecule has 138 valence electrons. The first-order valence-corrected chi connectivity index (χ1v) is 10.2. The third-order valence-electron chi connectivity index (χ3n) is 3.61. The standard InChI is InChI=1S/C19H18N4O2S2/c1-12-16(17(24)22-14-10-6-7-11-15(14)26-2)27-19(20-12)23-18(25)21-13-8-4-3-5-9-13/h3-11H,1-2H3,(H,22,24)(H2,20,21,23,25). The maximum atomic E-state index is 12.6. The van der Waals surface area contributed by atoms with Crippen LogP contribution in [-0.2, 0) is 0 Å². The van der Waals surface area contributed by atoms with Crippen LogP contribution in [-0.4, -0.2) is 23.2 Å². The third kappa shape index (κ3) is 4.87. The first-order valence-electron chi connectivity index (χ1n) is 8.11. The Morgan fingerprint density at radius 2 is 1.67 bits per heavy atom. The summed E-state index contributed by atoms with van der Waals surface area (Å²) in [6, 6.07) is 16.3. The van der Waals surface area contributed by atoms with Crippen molar-refractivity contribution in [2.75, 3.05) is 22.2 Å². The maximum absolute atomic E-state index is 12.6. The molecule has 0 aliphatic heterocycles. The van der Waals surface area contributed by atoms with E-state index in [1.54, 1.807) is 30.8 Å². The molecule has 0 saturated heterocycles. The number of hydrogen-bond donors (Lipinski definition) is 3. The van der Waals surface area contributed by atoms with Crippen LogP contribution in [0.15, 0.2) is 59.5 Å². The van der Waals surface area contributed by atoms with Crippen molar-refractivity contribution in [3.8, 4) is 0 Å². The van der Waals surface area contributed by atoms with Crippen LogP contribution in [0.2, 0.25) is 0 Å². The molecular formula is C19H18N4O2S2. The number of amides is 3. The van der Waals surface area contributed by atoms with Crippen molar-refractivity contribution >= 4 is 51.5 Å². The van der Waals surface area contributed by atoms with Gasteiger partial charge in [-0.1, -0.05) is 41.7 Å². The number of carbonyl (C=O) groups is 2. The monoisotopic (exact) mass is 398 g/mol. The van der Waals surface area contributed by atoms with Crippen molar-refractivity contribution in [1.82, 2.24) is 4.98 Å². The predicted octanol–water partition coefficient (Wildman–Crippen LogP) is 5.07. The number of aromatic nitrogens is 1. The summed E-state index contributed by atoms with van der Waals surface area (Å²) >= 11 is 2.70. The molecule has 1 heterocycles. The summed E-state index contributed by atoms with van der Waals surface area (Å²) in [5.74, 6) is -0.247. The number of urea groups is 1. The van der Waals surface area contributed by atoms with Crippen LogP contribution < -0.4 is 16.0 Å². The van der Waals surface area contributed by atoms with Gasteiger partial charge in [-0.2, -0.15) is 0 Å². The molecule has 0 aliphatic rings. The number of rotatable bonds is 5. The number of aryl methyl sites for hydroxylation is 1. The van der Waals surface area contributed by atoms with Gasteiger partial charge in [0, 0.05) is 10.6 Å². The lowest BCUT2D eigenvalue weighted by atomic mass is 10.3. The average Bonchev–Trinajstić information content (AvgIpc) is 3.03. The van der Waals surface area contributed by atoms with E-state index in [0.29, 0.717) is 21.4 Å². The fraction of sp³-hybridized carbons (Fsp3) is 0.105. The van der Waals surface area contributed by atoms with Gasteiger partial charge in [-0.25, -0.2) is 9.78 Å². The van der Waals surface area contributed by atoms with Crippen LogP contribution in [0.25, 0.3) is 0 Å². The molecule has 0 saturated carbocycles. The summed E-state index contributed by atoms with van der Waals surface area (Å²) in [6.45, 7) is 1.74. The predicted molar refractivity (Wildman–Crippen MR) is 112 cm³/mol. The van der Waals surface area contributed by atoms with E-state index in [1.807, 2.05) is 48.7 Å². The number of para-hydroxylation sites is 2. The molecule has 0 radical (unpaired) electrons. The Morgan fingerprint density at radius 1 is 0.963 bits per heavy atom. The van der Waals surface area contributed by atoms with Crippen LogP contribution in [0.1, 0.15) is 15.4 Å². The van der Waals surface area contributed by atoms with Crippen molar-refractivity contribution in [3.05, 3.63) is 65.2 Å². The number of thiazole rings is 1. The quantitative estimate of drug-likeness (QED) is 0.524. The second-order valence-corrected chi connectivity index (χ2v) is 7.38. The second-order valence-electron chi connectivity index (χ2n) is 5.53. The molecule has 0 aliphatic carbocycles. The zero-order valence-corrected chi connectivity index (χ0v) is 16.4. The molecule has 6 nitrogen and oxygen atoms in total. The summed E-state index contributed by atoms with van der Waals surface area (Å²) in [7, 11) is 0. The van der Waals surface area contributed by atoms with E-state index in [4.69, 9.17) is 0 Å². The highest BCUT2D eigenvalue weighted by Crippen LogP contribution is 2.28. The van der Waals surface area contributed by atoms with Crippen molar-refractivity contribution in [2.45, 2.75) is 11.8 Å². The molecule has 3 aromatic rings. The minimum Gasteiger partial charge on any atom is -0.320 e. The highest BCUT2D eigenvalue weighted by atomic mass is 32.2. The lowest BCUT2D eigenvalue weighted by molar-refractivity contribution is 0.102. The van der Waals surface area contributed by atoms with Crippen molar-refractivity contribution in [2.24, 2.45) is 0 Å². The first-order chi connectivity index (χ1) is 13.1. The minimum absolute atomic E-state index is 0.247. The Balaban J connectivity index is 1.68. The van der Waals surface area contributed by atoms with E-state index in [1.165, 1.54) is 0 Å². The van der Waals surface area contributed by atoms with Gasteiger partial charge in [0.15, 0.2) is 5.13 Å². The summed E-state index contributed by atoms with van der Waals surface area (Å²) in [5.41, 5.74) is 1.99. The Labute approximate surface area is 165 Å². The minimum atomic E-state index is -0.408. The topological polar surface area (TPSA) is 83.1 Å². The smallest absolute Gasteiger partial charge is 0.320 e. The van der Waals surface area contributed by atoms with Gasteiger partial charge in [0.25, 0.3) is 5.91 Å². The lowest BCUT2D eigenvalue weighted by Crippen LogP contribution is -2.19. The van der Waals surface area contributed by atoms with E-state index in [2.05, 4.69) is 20.9 Å². The third-order valence-corrected chi connectivity index (χ3v) is 5.48. The van der Waals surface area contributed by atoms with Gasteiger partial charge < -0.3 is 10.6 Å². The molecule has 0 bridgehead atoms. The number of benzene rings is 2. The van der Waals surface area contributed by atoms with E-state index in [9.17, 15) is 9.59 Å². The van der Waals surface area contributed by atoms with Gasteiger partial charge in [0.2, 0.25) is 0 Å². The molecular weight excluding hydrogens is 380 g/mol. The zero-order chi connectivity index (χ0) is 19.2. The van der Waals surface area contributed by atoms with Gasteiger partial charge in [0.1, 0.15) is 4.88 Å². The number of anilines is 3. The maximum Gasteiger partial charge on any atom is 0.325 e. The summed E-state index contributed by atoms with van der Waals surface area (Å²) in [4.78, 5) is 30.4. The molecule has 0 unspecified atom stereocenters. The largest absolute Gasteiger partial charge is 0.325 e. The highest BCUT2D eigenvalue weighted by Gasteiger charge is 2.17. The molecule has 0 fully saturated rings. The van der Waals surface area contributed by atoms with Crippen molar-refractivity contribution in [3.63, 3.8) is 0 Å². The van der Waals surface area contributed by atoms with Crippen molar-refractivity contribution in [1.29, 1.82) is 0 Å². The lowest BCUT2D eigenvalue weighted by Gasteiger charge is -2.08. The van der Waals surface area contributed by atoms with Crippen LogP contribution >= 0.6 is 23.1 Å². The molecule has 3 N–H and O–H groups in total. The molecule has 3 amide bonds. The van der Waals surface area contributed by atoms with E-state index in [-0.39, 0.29) is 5.91 Å². The summed E-state index contributed by atoms with van der Waals surface area (Å²) in [6.07, 6.45) is 1.95. The van der Waals surface area contributed by atoms with Gasteiger partial charge in [0.05, 0.1) is 11.4 Å². The van der Waals surface area contributed by atoms with Gasteiger partial charge in [-0.05, 0) is 37.4 Å². The fourth-order valence-electron chi connectivity index (χ4n) is 2.37. The Bertz CT molecular complexity index is 957. The Kier molecular flexibility index (Phi) is 6.10. The van der Waals surface area contributed by atoms with Crippen LogP contribution in [0.4, 0.5) is 21.3 Å². The molecule has 2 aromatic carbocycles. The number of hydrogen-bond acceptors (Lipinski definition) is 5. The van der Waals surface area contributed by atoms with Crippen LogP contribution in [0.3, 0.4) is 0 Å². The number of nitrogens with one attached hydrogen (secondary N) is 3. The van der Waals surface area contributed by atoms with E-state index >= 15 is 0 Å². The van der Waals surface area contributed by atoms with E-state index < -0.39 is 6.03 Å². The Hall–Kier alpha value is -2.84. The molecule has 1 aromatic heterocycles. The van der Waals surface area contributed by atoms with Crippen LogP contribution in [0, 0.1) is 6.92 Å². The van der Waals surface area contributed by atoms with Crippen LogP contribution in [0.5, 0.6) is 0 Å². The van der Waals surface area contributed by atoms with Gasteiger partial charge in [-0.3, -0.25) is 10.1 Å². The molecule has 8 heteroatoms. The molecule has 0 atom stereocenters. The second kappa shape index (κ2) is 8.70. The number of nitrogens with zero attached hydrogens (tertiary/aromatic N) is 1. The zero-order valence-electron chi connectivity index (χ0n) is 14.8. The fourth-order valence-corrected chi connectivity index (χ4v) is 3.78. The molecule has 0 spiro atoms. The number of thioether (sulfide) groups is 1. The summed E-state index contributed by atoms with van der Waals surface area (Å²) < 4.78 is 0. The first kappa shape index (κ1) is 18.9. The van der Waals surface area contributed by atoms with Gasteiger partial charge >= 0.3 is 6.03 Å². The molecule has 27 heavy (non-hydrogen) atoms. The summed E-state index contributed by atoms with van der Waals surface area (Å²) in [5, 5.41) is 8.66. The Morgan fingerprint density at radius 3 is 2.41 bits per heavy atom. The van der Waals surface area contributed by atoms with Crippen molar-refractivity contribution < 1.29 is 9.59 Å².